The maximum atomic E-state index is 12.2. The number of anilines is 2. The minimum atomic E-state index is -4.98. The van der Waals surface area contributed by atoms with Crippen LogP contribution in [-0.4, -0.2) is 33.4 Å². The van der Waals surface area contributed by atoms with Gasteiger partial charge in [0, 0.05) is 11.3 Å². The predicted molar refractivity (Wildman–Crippen MR) is 86.1 cm³/mol. The predicted octanol–water partition coefficient (Wildman–Crippen LogP) is 2.22. The van der Waals surface area contributed by atoms with Gasteiger partial charge < -0.3 is 5.32 Å². The first-order valence-corrected chi connectivity index (χ1v) is 7.18. The molecule has 134 valence electrons. The lowest BCUT2D eigenvalue weighted by Crippen LogP contribution is -2.40. The fourth-order valence-corrected chi connectivity index (χ4v) is 2.02. The zero-order chi connectivity index (χ0) is 18.7. The Morgan fingerprint density at radius 2 is 1.58 bits per heavy atom. The van der Waals surface area contributed by atoms with Crippen molar-refractivity contribution in [2.75, 3.05) is 10.7 Å². The minimum absolute atomic E-state index is 0.213. The molecule has 0 radical (unpaired) electrons. The first kappa shape index (κ1) is 17.2. The molecule has 2 aromatic carbocycles. The maximum Gasteiger partial charge on any atom is 0.472 e. The molecule has 3 rings (SSSR count). The quantitative estimate of drug-likeness (QED) is 0.531. The number of aromatic amines is 1. The van der Waals surface area contributed by atoms with Gasteiger partial charge in [-0.3, -0.25) is 20.4 Å². The number of benzene rings is 2. The van der Waals surface area contributed by atoms with Gasteiger partial charge in [-0.15, -0.1) is 0 Å². The molecule has 8 nitrogen and oxygen atoms in total. The van der Waals surface area contributed by atoms with E-state index in [1.807, 2.05) is 0 Å². The largest absolute Gasteiger partial charge is 0.472 e. The van der Waals surface area contributed by atoms with Gasteiger partial charge in [0.2, 0.25) is 0 Å². The van der Waals surface area contributed by atoms with E-state index in [4.69, 9.17) is 0 Å². The summed E-state index contributed by atoms with van der Waals surface area (Å²) in [5, 5.41) is 12.9. The molecule has 0 aliphatic heterocycles. The molecule has 0 aliphatic rings. The third-order valence-corrected chi connectivity index (χ3v) is 3.30. The van der Waals surface area contributed by atoms with E-state index in [1.165, 1.54) is 29.7 Å². The molecule has 0 aliphatic carbocycles. The molecule has 0 bridgehead atoms. The van der Waals surface area contributed by atoms with Gasteiger partial charge in [-0.25, -0.2) is 0 Å². The van der Waals surface area contributed by atoms with E-state index in [2.05, 4.69) is 26.2 Å². The highest BCUT2D eigenvalue weighted by molar-refractivity contribution is 6.05. The van der Waals surface area contributed by atoms with Crippen molar-refractivity contribution >= 4 is 34.2 Å². The monoisotopic (exact) mass is 364 g/mol. The second-order valence-corrected chi connectivity index (χ2v) is 5.14. The van der Waals surface area contributed by atoms with Crippen LogP contribution in [0.3, 0.4) is 0 Å². The molecule has 1 aromatic heterocycles. The Bertz CT molecular complexity index is 952. The third-order valence-electron chi connectivity index (χ3n) is 3.30. The van der Waals surface area contributed by atoms with Gasteiger partial charge in [0.05, 0.1) is 5.69 Å². The summed E-state index contributed by atoms with van der Waals surface area (Å²) in [5.41, 5.74) is 5.81. The van der Waals surface area contributed by atoms with Crippen molar-refractivity contribution in [3.63, 3.8) is 0 Å². The van der Waals surface area contributed by atoms with E-state index >= 15 is 0 Å². The van der Waals surface area contributed by atoms with E-state index < -0.39 is 12.1 Å². The van der Waals surface area contributed by atoms with Gasteiger partial charge >= 0.3 is 12.1 Å². The van der Waals surface area contributed by atoms with Crippen LogP contribution in [-0.2, 0) is 4.79 Å². The molecular weight excluding hydrogens is 353 g/mol. The zero-order valence-corrected chi connectivity index (χ0v) is 12.9. The van der Waals surface area contributed by atoms with Crippen LogP contribution in [0.5, 0.6) is 0 Å². The number of hydrogen-bond donors (Lipinski definition) is 4. The Morgan fingerprint density at radius 1 is 0.923 bits per heavy atom. The lowest BCUT2D eigenvalue weighted by Gasteiger charge is -2.11. The van der Waals surface area contributed by atoms with Gasteiger partial charge in [0.1, 0.15) is 11.0 Å². The molecule has 0 fully saturated rings. The van der Waals surface area contributed by atoms with Crippen molar-refractivity contribution in [1.82, 2.24) is 20.8 Å². The van der Waals surface area contributed by atoms with Crippen molar-refractivity contribution in [2.45, 2.75) is 6.18 Å². The average molecular weight is 364 g/mol. The minimum Gasteiger partial charge on any atom is -0.322 e. The number of carbonyl (C=O) groups excluding carboxylic acids is 2. The summed E-state index contributed by atoms with van der Waals surface area (Å²) in [7, 11) is 0. The summed E-state index contributed by atoms with van der Waals surface area (Å²) in [6.07, 6.45) is -4.98. The average Bonchev–Trinajstić information content (AvgIpc) is 3.07. The summed E-state index contributed by atoms with van der Waals surface area (Å²) >= 11 is 0. The number of amides is 2. The smallest absolute Gasteiger partial charge is 0.322 e. The highest BCUT2D eigenvalue weighted by Crippen LogP contribution is 2.17. The van der Waals surface area contributed by atoms with Crippen LogP contribution in [0, 0.1) is 0 Å². The number of halogens is 3. The topological polar surface area (TPSA) is 112 Å². The lowest BCUT2D eigenvalue weighted by atomic mass is 10.2. The van der Waals surface area contributed by atoms with Crippen molar-refractivity contribution in [3.8, 4) is 0 Å². The third kappa shape index (κ3) is 3.88. The van der Waals surface area contributed by atoms with Crippen molar-refractivity contribution in [1.29, 1.82) is 0 Å². The second kappa shape index (κ2) is 6.70. The fourth-order valence-electron chi connectivity index (χ4n) is 2.02. The second-order valence-electron chi connectivity index (χ2n) is 5.14. The van der Waals surface area contributed by atoms with Gasteiger partial charge in [0.25, 0.3) is 5.91 Å². The van der Waals surface area contributed by atoms with Crippen LogP contribution in [0.2, 0.25) is 0 Å². The van der Waals surface area contributed by atoms with Crippen LogP contribution >= 0.6 is 0 Å². The molecule has 1 heterocycles. The van der Waals surface area contributed by atoms with Gasteiger partial charge in [-0.1, -0.05) is 0 Å². The van der Waals surface area contributed by atoms with Crippen LogP contribution < -0.4 is 16.2 Å². The molecule has 0 atom stereocenters. The molecule has 2 amide bonds. The molecule has 0 unspecified atom stereocenters. The number of aromatic nitrogens is 3. The highest BCUT2D eigenvalue weighted by Gasteiger charge is 2.38. The van der Waals surface area contributed by atoms with Crippen molar-refractivity contribution < 1.29 is 22.8 Å². The molecule has 4 N–H and O–H groups in total. The van der Waals surface area contributed by atoms with Gasteiger partial charge in [0.15, 0.2) is 0 Å². The number of rotatable bonds is 4. The number of fused-ring (bicyclic) bond motifs is 1. The Hall–Kier alpha value is -3.63. The van der Waals surface area contributed by atoms with E-state index in [9.17, 15) is 22.8 Å². The van der Waals surface area contributed by atoms with Crippen LogP contribution in [0.1, 0.15) is 10.4 Å². The fraction of sp³-hybridized carbons (Fsp3) is 0.0667. The molecule has 0 saturated carbocycles. The summed E-state index contributed by atoms with van der Waals surface area (Å²) in [6.45, 7) is 0. The van der Waals surface area contributed by atoms with Crippen molar-refractivity contribution in [3.05, 3.63) is 48.0 Å². The SMILES string of the molecule is O=C(Nc1ccc(NNC(=O)C(F)(F)F)cc1)c1ccc2n[nH]nc2c1. The van der Waals surface area contributed by atoms with Crippen LogP contribution in [0.4, 0.5) is 24.5 Å². The number of hydrazine groups is 1. The summed E-state index contributed by atoms with van der Waals surface area (Å²) < 4.78 is 36.3. The molecule has 0 spiro atoms. The zero-order valence-electron chi connectivity index (χ0n) is 12.9. The first-order chi connectivity index (χ1) is 12.3. The number of nitrogens with zero attached hydrogens (tertiary/aromatic N) is 2. The first-order valence-electron chi connectivity index (χ1n) is 7.18. The summed E-state index contributed by atoms with van der Waals surface area (Å²) in [4.78, 5) is 22.9. The molecule has 0 saturated heterocycles. The highest BCUT2D eigenvalue weighted by atomic mass is 19.4. The Morgan fingerprint density at radius 3 is 2.27 bits per heavy atom. The van der Waals surface area contributed by atoms with Gasteiger partial charge in [-0.2, -0.15) is 28.6 Å². The van der Waals surface area contributed by atoms with Crippen LogP contribution in [0.15, 0.2) is 42.5 Å². The molecule has 3 aromatic rings. The van der Waals surface area contributed by atoms with E-state index in [0.29, 0.717) is 22.3 Å². The number of hydrogen-bond acceptors (Lipinski definition) is 5. The molecular formula is C15H11F3N6O2. The van der Waals surface area contributed by atoms with Crippen LogP contribution in [0.25, 0.3) is 11.0 Å². The lowest BCUT2D eigenvalue weighted by molar-refractivity contribution is -0.173. The van der Waals surface area contributed by atoms with E-state index in [1.54, 1.807) is 18.2 Å². The normalized spacial score (nSPS) is 11.2. The molecule has 11 heteroatoms. The van der Waals surface area contributed by atoms with E-state index in [-0.39, 0.29) is 11.6 Å². The summed E-state index contributed by atoms with van der Waals surface area (Å²) in [6, 6.07) is 10.5. The van der Waals surface area contributed by atoms with Gasteiger partial charge in [-0.05, 0) is 42.5 Å². The Balaban J connectivity index is 1.61. The maximum absolute atomic E-state index is 12.2. The number of H-pyrrole nitrogens is 1. The summed E-state index contributed by atoms with van der Waals surface area (Å²) in [5.74, 6) is -2.50. The number of nitrogens with one attached hydrogen (secondary N) is 4. The molecule has 26 heavy (non-hydrogen) atoms. The van der Waals surface area contributed by atoms with E-state index in [0.717, 1.165) is 0 Å². The Kier molecular flexibility index (Phi) is 4.43. The Labute approximate surface area is 143 Å². The number of alkyl halides is 3. The number of carbonyl (C=O) groups is 2. The standard InChI is InChI=1S/C15H11F3N6O2/c16-15(17,18)14(26)23-20-10-4-2-9(3-5-10)19-13(25)8-1-6-11-12(7-8)22-24-21-11/h1-7,20H,(H,19,25)(H,23,26)(H,21,22,24). The van der Waals surface area contributed by atoms with Crippen molar-refractivity contribution in [2.24, 2.45) is 0 Å².